The number of likely N-dealkylation sites (N-methyl/N-ethyl adjacent to an activating group) is 1. The first kappa shape index (κ1) is 24.1. The molecular formula is C25H28N4O3S2. The predicted molar refractivity (Wildman–Crippen MR) is 137 cm³/mol. The zero-order chi connectivity index (χ0) is 24.1. The molecule has 3 amide bonds. The number of nitrogens with one attached hydrogen (secondary N) is 2. The Kier molecular flexibility index (Phi) is 7.77. The molecule has 0 aliphatic carbocycles. The largest absolute Gasteiger partial charge is 0.329 e. The highest BCUT2D eigenvalue weighted by Crippen LogP contribution is 2.39. The Morgan fingerprint density at radius 3 is 2.38 bits per heavy atom. The Bertz CT molecular complexity index is 1140. The number of hydrogen-bond acceptors (Lipinski definition) is 6. The van der Waals surface area contributed by atoms with Gasteiger partial charge in [-0.15, -0.1) is 22.7 Å². The van der Waals surface area contributed by atoms with Crippen LogP contribution in [0.25, 0.3) is 0 Å². The molecule has 1 aliphatic heterocycles. The van der Waals surface area contributed by atoms with Crippen molar-refractivity contribution in [3.05, 3.63) is 68.5 Å². The number of carbonyl (C=O) groups excluding carboxylic acids is 3. The van der Waals surface area contributed by atoms with Crippen molar-refractivity contribution in [3.8, 4) is 0 Å². The van der Waals surface area contributed by atoms with Gasteiger partial charge in [0.1, 0.15) is 0 Å². The topological polar surface area (TPSA) is 81.8 Å². The maximum Gasteiger partial charge on any atom is 0.238 e. The molecule has 3 aromatic rings. The Balaban J connectivity index is 1.38. The van der Waals surface area contributed by atoms with E-state index in [2.05, 4.69) is 28.1 Å². The van der Waals surface area contributed by atoms with Crippen LogP contribution in [0.1, 0.15) is 35.2 Å². The zero-order valence-corrected chi connectivity index (χ0v) is 20.9. The average Bonchev–Trinajstić information content (AvgIpc) is 3.51. The first-order valence-electron chi connectivity index (χ1n) is 11.2. The lowest BCUT2D eigenvalue weighted by Gasteiger charge is -2.36. The van der Waals surface area contributed by atoms with Crippen molar-refractivity contribution in [2.75, 3.05) is 36.8 Å². The number of rotatable bonds is 8. The van der Waals surface area contributed by atoms with E-state index in [4.69, 9.17) is 0 Å². The smallest absolute Gasteiger partial charge is 0.238 e. The lowest BCUT2D eigenvalue weighted by Crippen LogP contribution is -2.46. The minimum absolute atomic E-state index is 0.0320. The van der Waals surface area contributed by atoms with Crippen molar-refractivity contribution in [2.45, 2.75) is 26.3 Å². The Labute approximate surface area is 207 Å². The first-order valence-corrected chi connectivity index (χ1v) is 13.0. The quantitative estimate of drug-likeness (QED) is 0.490. The molecule has 1 aromatic carbocycles. The Hall–Kier alpha value is -3.01. The van der Waals surface area contributed by atoms with Crippen LogP contribution in [-0.2, 0) is 20.8 Å². The fraction of sp³-hybridized carbons (Fsp3) is 0.320. The SMILES string of the molecule is CCN(CC(=O)Nc1ccc(NC(C)=O)cc1)CC(=O)N1CCc2sccc2C1c1cccs1. The summed E-state index contributed by atoms with van der Waals surface area (Å²) in [5, 5.41) is 9.71. The molecule has 0 bridgehead atoms. The van der Waals surface area contributed by atoms with E-state index in [-0.39, 0.29) is 36.9 Å². The van der Waals surface area contributed by atoms with E-state index in [1.165, 1.54) is 17.4 Å². The molecule has 0 saturated carbocycles. The van der Waals surface area contributed by atoms with Crippen LogP contribution < -0.4 is 10.6 Å². The highest BCUT2D eigenvalue weighted by Gasteiger charge is 2.33. The van der Waals surface area contributed by atoms with E-state index in [9.17, 15) is 14.4 Å². The van der Waals surface area contributed by atoms with Crippen molar-refractivity contribution in [1.82, 2.24) is 9.80 Å². The number of fused-ring (bicyclic) bond motifs is 1. The summed E-state index contributed by atoms with van der Waals surface area (Å²) in [6.45, 7) is 4.97. The minimum Gasteiger partial charge on any atom is -0.329 e. The van der Waals surface area contributed by atoms with Crippen molar-refractivity contribution in [2.24, 2.45) is 0 Å². The van der Waals surface area contributed by atoms with Crippen LogP contribution >= 0.6 is 22.7 Å². The third-order valence-corrected chi connectivity index (χ3v) is 7.68. The highest BCUT2D eigenvalue weighted by atomic mass is 32.1. The fourth-order valence-corrected chi connectivity index (χ4v) is 5.90. The van der Waals surface area contributed by atoms with Crippen molar-refractivity contribution >= 4 is 51.8 Å². The molecule has 9 heteroatoms. The van der Waals surface area contributed by atoms with Crippen LogP contribution in [0.15, 0.2) is 53.2 Å². The Morgan fingerprint density at radius 1 is 1.00 bits per heavy atom. The van der Waals surface area contributed by atoms with Gasteiger partial charge in [-0.1, -0.05) is 13.0 Å². The normalized spacial score (nSPS) is 15.1. The van der Waals surface area contributed by atoms with Crippen LogP contribution in [0, 0.1) is 0 Å². The number of benzene rings is 1. The van der Waals surface area contributed by atoms with Gasteiger partial charge in [-0.2, -0.15) is 0 Å². The predicted octanol–water partition coefficient (Wildman–Crippen LogP) is 4.20. The second-order valence-corrected chi connectivity index (χ2v) is 10.1. The van der Waals surface area contributed by atoms with Crippen LogP contribution in [0.5, 0.6) is 0 Å². The molecule has 7 nitrogen and oxygen atoms in total. The van der Waals surface area contributed by atoms with Crippen molar-refractivity contribution in [1.29, 1.82) is 0 Å². The number of carbonyl (C=O) groups is 3. The molecule has 3 heterocycles. The molecule has 2 aromatic heterocycles. The van der Waals surface area contributed by atoms with E-state index in [0.717, 1.165) is 11.3 Å². The Morgan fingerprint density at radius 2 is 1.74 bits per heavy atom. The molecule has 34 heavy (non-hydrogen) atoms. The van der Waals surface area contributed by atoms with Gasteiger partial charge in [-0.05, 0) is 65.7 Å². The number of thiophene rings is 2. The number of anilines is 2. The molecule has 2 N–H and O–H groups in total. The molecular weight excluding hydrogens is 468 g/mol. The second kappa shape index (κ2) is 10.9. The summed E-state index contributed by atoms with van der Waals surface area (Å²) < 4.78 is 0. The van der Waals surface area contributed by atoms with Crippen molar-refractivity contribution in [3.63, 3.8) is 0 Å². The van der Waals surface area contributed by atoms with Crippen LogP contribution in [0.3, 0.4) is 0 Å². The third-order valence-electron chi connectivity index (χ3n) is 5.76. The zero-order valence-electron chi connectivity index (χ0n) is 19.2. The fourth-order valence-electron chi connectivity index (χ4n) is 4.14. The van der Waals surface area contributed by atoms with E-state index < -0.39 is 0 Å². The molecule has 1 atom stereocenters. The van der Waals surface area contributed by atoms with Gasteiger partial charge in [0.2, 0.25) is 17.7 Å². The standard InChI is InChI=1S/C25H28N4O3S2/c1-3-28(15-23(31)27-19-8-6-18(7-9-19)26-17(2)30)16-24(32)29-12-10-21-20(11-14-34-21)25(29)22-5-4-13-33-22/h4-9,11,13-14,25H,3,10,12,15-16H2,1-2H3,(H,26,30)(H,27,31). The first-order chi connectivity index (χ1) is 16.4. The molecule has 1 unspecified atom stereocenters. The van der Waals surface area contributed by atoms with E-state index in [1.54, 1.807) is 46.9 Å². The van der Waals surface area contributed by atoms with Gasteiger partial charge >= 0.3 is 0 Å². The molecule has 0 spiro atoms. The maximum atomic E-state index is 13.4. The third kappa shape index (κ3) is 5.72. The second-order valence-electron chi connectivity index (χ2n) is 8.16. The van der Waals surface area contributed by atoms with Gasteiger partial charge in [0.15, 0.2) is 0 Å². The molecule has 178 valence electrons. The molecule has 1 aliphatic rings. The summed E-state index contributed by atoms with van der Waals surface area (Å²) in [5.74, 6) is -0.301. The molecule has 0 fully saturated rings. The van der Waals surface area contributed by atoms with Gasteiger partial charge in [0, 0.05) is 34.6 Å². The van der Waals surface area contributed by atoms with Crippen LogP contribution in [0.4, 0.5) is 11.4 Å². The number of nitrogens with zero attached hydrogens (tertiary/aromatic N) is 2. The lowest BCUT2D eigenvalue weighted by atomic mass is 9.98. The van der Waals surface area contributed by atoms with Crippen LogP contribution in [-0.4, -0.2) is 53.7 Å². The summed E-state index contributed by atoms with van der Waals surface area (Å²) in [5.41, 5.74) is 2.53. The summed E-state index contributed by atoms with van der Waals surface area (Å²) in [6, 6.07) is 13.1. The van der Waals surface area contributed by atoms with E-state index in [1.807, 2.05) is 28.2 Å². The summed E-state index contributed by atoms with van der Waals surface area (Å²) in [4.78, 5) is 43.5. The lowest BCUT2D eigenvalue weighted by molar-refractivity contribution is -0.134. The van der Waals surface area contributed by atoms with E-state index >= 15 is 0 Å². The van der Waals surface area contributed by atoms with Gasteiger partial charge in [-0.3, -0.25) is 19.3 Å². The van der Waals surface area contributed by atoms with Gasteiger partial charge in [-0.25, -0.2) is 0 Å². The van der Waals surface area contributed by atoms with Gasteiger partial charge in [0.05, 0.1) is 19.1 Å². The van der Waals surface area contributed by atoms with Crippen LogP contribution in [0.2, 0.25) is 0 Å². The minimum atomic E-state index is -0.185. The number of hydrogen-bond donors (Lipinski definition) is 2. The van der Waals surface area contributed by atoms with E-state index in [0.29, 0.717) is 24.5 Å². The maximum absolute atomic E-state index is 13.4. The molecule has 0 saturated heterocycles. The monoisotopic (exact) mass is 496 g/mol. The highest BCUT2D eigenvalue weighted by molar-refractivity contribution is 7.10. The van der Waals surface area contributed by atoms with Gasteiger partial charge < -0.3 is 15.5 Å². The summed E-state index contributed by atoms with van der Waals surface area (Å²) in [7, 11) is 0. The van der Waals surface area contributed by atoms with Gasteiger partial charge in [0.25, 0.3) is 0 Å². The summed E-state index contributed by atoms with van der Waals surface area (Å²) in [6.07, 6.45) is 0.863. The molecule has 4 rings (SSSR count). The summed E-state index contributed by atoms with van der Waals surface area (Å²) >= 11 is 3.42. The average molecular weight is 497 g/mol. The number of amides is 3. The van der Waals surface area contributed by atoms with Crippen molar-refractivity contribution < 1.29 is 14.4 Å². The molecule has 0 radical (unpaired) electrons.